The second-order valence-electron chi connectivity index (χ2n) is 7.69. The molecule has 0 saturated carbocycles. The van der Waals surface area contributed by atoms with Gasteiger partial charge in [-0.3, -0.25) is 9.59 Å². The Morgan fingerprint density at radius 3 is 2.53 bits per heavy atom. The van der Waals surface area contributed by atoms with Crippen LogP contribution in [0.5, 0.6) is 11.6 Å². The molecule has 0 bridgehead atoms. The van der Waals surface area contributed by atoms with E-state index >= 15 is 0 Å². The number of benzene rings is 1. The Hall–Kier alpha value is -3.92. The average molecular weight is 480 g/mol. The van der Waals surface area contributed by atoms with E-state index in [-0.39, 0.29) is 23.8 Å². The fraction of sp³-hybridized carbons (Fsp3) is 0.208. The van der Waals surface area contributed by atoms with Crippen LogP contribution in [0, 0.1) is 26.6 Å². The van der Waals surface area contributed by atoms with Crippen molar-refractivity contribution in [3.63, 3.8) is 0 Å². The standard InChI is InChI=1S/C24H22FN5O3S/c1-13-14(2)29-30(4)24(32)20(13)23-28-15(3)21(34-23)22(31)27-12-16-5-10-19(26-11-16)33-18-8-6-17(25)7-9-18/h5-11H,12H2,1-4H3,(H,27,31). The first-order chi connectivity index (χ1) is 16.2. The molecule has 34 heavy (non-hydrogen) atoms. The molecule has 1 N–H and O–H groups in total. The molecule has 0 aliphatic rings. The van der Waals surface area contributed by atoms with Crippen LogP contribution in [0.3, 0.4) is 0 Å². The lowest BCUT2D eigenvalue weighted by Crippen LogP contribution is -2.23. The summed E-state index contributed by atoms with van der Waals surface area (Å²) in [5.41, 5.74) is 3.01. The molecule has 174 valence electrons. The highest BCUT2D eigenvalue weighted by Gasteiger charge is 2.21. The van der Waals surface area contributed by atoms with Gasteiger partial charge in [0.2, 0.25) is 5.88 Å². The number of hydrogen-bond donors (Lipinski definition) is 1. The minimum absolute atomic E-state index is 0.252. The Morgan fingerprint density at radius 1 is 1.12 bits per heavy atom. The molecule has 0 aliphatic carbocycles. The van der Waals surface area contributed by atoms with Crippen molar-refractivity contribution in [2.45, 2.75) is 27.3 Å². The van der Waals surface area contributed by atoms with Crippen LogP contribution in [0.2, 0.25) is 0 Å². The Morgan fingerprint density at radius 2 is 1.85 bits per heavy atom. The van der Waals surface area contributed by atoms with Crippen LogP contribution in [0.1, 0.15) is 32.2 Å². The molecule has 4 rings (SSSR count). The summed E-state index contributed by atoms with van der Waals surface area (Å²) >= 11 is 1.18. The fourth-order valence-electron chi connectivity index (χ4n) is 3.28. The van der Waals surface area contributed by atoms with Gasteiger partial charge in [0.1, 0.15) is 21.5 Å². The number of ether oxygens (including phenoxy) is 1. The van der Waals surface area contributed by atoms with E-state index in [0.29, 0.717) is 32.8 Å². The SMILES string of the molecule is Cc1nc(-c2c(C)c(C)nn(C)c2=O)sc1C(=O)NCc1ccc(Oc2ccc(F)cc2)nc1. The number of pyridine rings is 1. The van der Waals surface area contributed by atoms with Gasteiger partial charge >= 0.3 is 0 Å². The van der Waals surface area contributed by atoms with Crippen LogP contribution < -0.4 is 15.6 Å². The molecule has 10 heteroatoms. The predicted octanol–water partition coefficient (Wildman–Crippen LogP) is 4.09. The topological polar surface area (TPSA) is 99.0 Å². The number of thiazole rings is 1. The van der Waals surface area contributed by atoms with Crippen molar-refractivity contribution in [3.8, 4) is 22.2 Å². The van der Waals surface area contributed by atoms with Crippen molar-refractivity contribution in [1.82, 2.24) is 25.1 Å². The third-order valence-corrected chi connectivity index (χ3v) is 6.40. The second kappa shape index (κ2) is 9.52. The highest BCUT2D eigenvalue weighted by Crippen LogP contribution is 2.28. The highest BCUT2D eigenvalue weighted by atomic mass is 32.1. The van der Waals surface area contributed by atoms with Crippen molar-refractivity contribution < 1.29 is 13.9 Å². The number of aromatic nitrogens is 4. The summed E-state index contributed by atoms with van der Waals surface area (Å²) in [6, 6.07) is 9.10. The number of carbonyl (C=O) groups is 1. The lowest BCUT2D eigenvalue weighted by Gasteiger charge is -2.07. The molecule has 1 amide bonds. The van der Waals surface area contributed by atoms with E-state index < -0.39 is 0 Å². The maximum atomic E-state index is 13.0. The van der Waals surface area contributed by atoms with Gasteiger partial charge in [0, 0.05) is 25.9 Å². The van der Waals surface area contributed by atoms with Gasteiger partial charge in [-0.1, -0.05) is 6.07 Å². The number of amides is 1. The molecule has 0 unspecified atom stereocenters. The maximum Gasteiger partial charge on any atom is 0.277 e. The van der Waals surface area contributed by atoms with Crippen molar-refractivity contribution in [2.75, 3.05) is 0 Å². The van der Waals surface area contributed by atoms with Gasteiger partial charge in [0.25, 0.3) is 11.5 Å². The maximum absolute atomic E-state index is 13.0. The van der Waals surface area contributed by atoms with Crippen LogP contribution in [0.4, 0.5) is 4.39 Å². The number of aryl methyl sites for hydroxylation is 3. The van der Waals surface area contributed by atoms with Gasteiger partial charge in [-0.05, 0) is 56.2 Å². The third-order valence-electron chi connectivity index (χ3n) is 5.23. The largest absolute Gasteiger partial charge is 0.439 e. The second-order valence-corrected chi connectivity index (χ2v) is 8.69. The summed E-state index contributed by atoms with van der Waals surface area (Å²) in [5, 5.41) is 7.55. The van der Waals surface area contributed by atoms with Crippen molar-refractivity contribution in [2.24, 2.45) is 7.05 Å². The molecule has 0 atom stereocenters. The number of hydrogen-bond acceptors (Lipinski definition) is 7. The molecule has 0 spiro atoms. The summed E-state index contributed by atoms with van der Waals surface area (Å²) < 4.78 is 19.9. The number of carbonyl (C=O) groups excluding carboxylic acids is 1. The predicted molar refractivity (Wildman–Crippen MR) is 127 cm³/mol. The van der Waals surface area contributed by atoms with E-state index in [0.717, 1.165) is 16.8 Å². The van der Waals surface area contributed by atoms with E-state index in [1.165, 1.54) is 40.3 Å². The van der Waals surface area contributed by atoms with Crippen LogP contribution in [0.25, 0.3) is 10.6 Å². The monoisotopic (exact) mass is 479 g/mol. The quantitative estimate of drug-likeness (QED) is 0.447. The Bertz CT molecular complexity index is 1410. The van der Waals surface area contributed by atoms with E-state index in [2.05, 4.69) is 20.4 Å². The summed E-state index contributed by atoms with van der Waals surface area (Å²) in [7, 11) is 1.59. The first-order valence-electron chi connectivity index (χ1n) is 10.4. The first kappa shape index (κ1) is 23.2. The van der Waals surface area contributed by atoms with Crippen LogP contribution in [-0.4, -0.2) is 25.7 Å². The van der Waals surface area contributed by atoms with Crippen LogP contribution >= 0.6 is 11.3 Å². The van der Waals surface area contributed by atoms with Gasteiger partial charge in [-0.15, -0.1) is 11.3 Å². The Kier molecular flexibility index (Phi) is 6.51. The smallest absolute Gasteiger partial charge is 0.277 e. The Labute approximate surface area is 199 Å². The number of rotatable bonds is 6. The van der Waals surface area contributed by atoms with Gasteiger partial charge < -0.3 is 10.1 Å². The third kappa shape index (κ3) is 4.86. The molecular weight excluding hydrogens is 457 g/mol. The minimum atomic E-state index is -0.344. The minimum Gasteiger partial charge on any atom is -0.439 e. The molecular formula is C24H22FN5O3S. The lowest BCUT2D eigenvalue weighted by molar-refractivity contribution is 0.0954. The molecule has 3 aromatic heterocycles. The van der Waals surface area contributed by atoms with Crippen molar-refractivity contribution in [1.29, 1.82) is 0 Å². The van der Waals surface area contributed by atoms with Crippen molar-refractivity contribution in [3.05, 3.63) is 86.2 Å². The Balaban J connectivity index is 1.45. The van der Waals surface area contributed by atoms with E-state index in [1.807, 2.05) is 13.8 Å². The molecule has 0 aliphatic heterocycles. The van der Waals surface area contributed by atoms with Crippen LogP contribution in [0.15, 0.2) is 47.4 Å². The molecule has 1 aromatic carbocycles. The zero-order valence-corrected chi connectivity index (χ0v) is 19.9. The summed E-state index contributed by atoms with van der Waals surface area (Å²) in [6.45, 7) is 5.65. The summed E-state index contributed by atoms with van der Waals surface area (Å²) in [5.74, 6) is 0.200. The molecule has 3 heterocycles. The number of nitrogens with zero attached hydrogens (tertiary/aromatic N) is 4. The summed E-state index contributed by atoms with van der Waals surface area (Å²) in [6.07, 6.45) is 1.59. The molecule has 0 saturated heterocycles. The molecule has 0 fully saturated rings. The highest BCUT2D eigenvalue weighted by molar-refractivity contribution is 7.17. The van der Waals surface area contributed by atoms with E-state index in [4.69, 9.17) is 4.74 Å². The van der Waals surface area contributed by atoms with Gasteiger partial charge in [-0.25, -0.2) is 19.0 Å². The molecule has 4 aromatic rings. The zero-order valence-electron chi connectivity index (χ0n) is 19.0. The van der Waals surface area contributed by atoms with Gasteiger partial charge in [0.15, 0.2) is 0 Å². The lowest BCUT2D eigenvalue weighted by atomic mass is 10.1. The van der Waals surface area contributed by atoms with Gasteiger partial charge in [-0.2, -0.15) is 5.10 Å². The first-order valence-corrected chi connectivity index (χ1v) is 11.2. The van der Waals surface area contributed by atoms with E-state index in [1.54, 1.807) is 32.3 Å². The fourth-order valence-corrected chi connectivity index (χ4v) is 4.35. The number of nitrogens with one attached hydrogen (secondary N) is 1. The number of halogens is 1. The van der Waals surface area contributed by atoms with Gasteiger partial charge in [0.05, 0.1) is 17.0 Å². The van der Waals surface area contributed by atoms with Crippen LogP contribution in [-0.2, 0) is 13.6 Å². The molecule has 0 radical (unpaired) electrons. The average Bonchev–Trinajstić information content (AvgIpc) is 3.20. The summed E-state index contributed by atoms with van der Waals surface area (Å²) in [4.78, 5) is 34.6. The zero-order chi connectivity index (χ0) is 24.4. The van der Waals surface area contributed by atoms with Crippen molar-refractivity contribution >= 4 is 17.2 Å². The van der Waals surface area contributed by atoms with E-state index in [9.17, 15) is 14.0 Å². The molecule has 8 nitrogen and oxygen atoms in total. The normalized spacial score (nSPS) is 10.9.